The van der Waals surface area contributed by atoms with Gasteiger partial charge in [-0.15, -0.1) is 0 Å². The van der Waals surface area contributed by atoms with Gasteiger partial charge in [-0.3, -0.25) is 9.59 Å². The fourth-order valence-electron chi connectivity index (χ4n) is 2.32. The maximum absolute atomic E-state index is 13.1. The van der Waals surface area contributed by atoms with E-state index in [4.69, 9.17) is 9.15 Å². The molecule has 152 valence electrons. The molecule has 0 unspecified atom stereocenters. The van der Waals surface area contributed by atoms with Crippen LogP contribution in [0.4, 0.5) is 4.39 Å². The molecule has 1 aromatic heterocycles. The number of rotatable bonds is 7. The van der Waals surface area contributed by atoms with E-state index in [2.05, 4.69) is 15.8 Å². The lowest BCUT2D eigenvalue weighted by Crippen LogP contribution is -2.34. The number of nitrogens with one attached hydrogen (secondary N) is 2. The van der Waals surface area contributed by atoms with Gasteiger partial charge in [0, 0.05) is 5.56 Å². The Hall–Kier alpha value is -4.27. The first-order valence-electron chi connectivity index (χ1n) is 8.73. The van der Waals surface area contributed by atoms with Crippen molar-refractivity contribution in [3.05, 3.63) is 89.6 Å². The molecule has 30 heavy (non-hydrogen) atoms. The summed E-state index contributed by atoms with van der Waals surface area (Å²) in [4.78, 5) is 35.5. The second kappa shape index (κ2) is 9.78. The van der Waals surface area contributed by atoms with Crippen LogP contribution in [0.5, 0.6) is 5.75 Å². The smallest absolute Gasteiger partial charge is 0.379 e. The van der Waals surface area contributed by atoms with Crippen molar-refractivity contribution in [3.63, 3.8) is 0 Å². The van der Waals surface area contributed by atoms with Gasteiger partial charge in [0.2, 0.25) is 5.76 Å². The molecule has 0 bridgehead atoms. The molecule has 9 heteroatoms. The lowest BCUT2D eigenvalue weighted by atomic mass is 10.2. The predicted octanol–water partition coefficient (Wildman–Crippen LogP) is 2.52. The maximum atomic E-state index is 13.1. The number of carbonyl (C=O) groups is 3. The van der Waals surface area contributed by atoms with Crippen LogP contribution in [-0.2, 0) is 4.79 Å². The minimum Gasteiger partial charge on any atom is -0.457 e. The van der Waals surface area contributed by atoms with E-state index in [0.29, 0.717) is 5.56 Å². The van der Waals surface area contributed by atoms with E-state index in [1.165, 1.54) is 36.7 Å². The highest BCUT2D eigenvalue weighted by atomic mass is 19.1. The molecule has 0 spiro atoms. The molecule has 8 nitrogen and oxygen atoms in total. The van der Waals surface area contributed by atoms with Gasteiger partial charge >= 0.3 is 5.97 Å². The Morgan fingerprint density at radius 1 is 1.07 bits per heavy atom. The number of hydrogen-bond acceptors (Lipinski definition) is 6. The normalized spacial score (nSPS) is 10.6. The van der Waals surface area contributed by atoms with Crippen molar-refractivity contribution in [2.75, 3.05) is 6.54 Å². The number of nitrogens with zero attached hydrogens (tertiary/aromatic N) is 1. The zero-order valence-corrected chi connectivity index (χ0v) is 15.5. The Balaban J connectivity index is 1.48. The summed E-state index contributed by atoms with van der Waals surface area (Å²) in [7, 11) is 0. The number of carbonyl (C=O) groups excluding carboxylic acids is 3. The molecular formula is C21H16FN3O5. The predicted molar refractivity (Wildman–Crippen MR) is 105 cm³/mol. The van der Waals surface area contributed by atoms with E-state index in [0.717, 1.165) is 6.07 Å². The van der Waals surface area contributed by atoms with Crippen LogP contribution in [0.3, 0.4) is 0 Å². The van der Waals surface area contributed by atoms with Crippen molar-refractivity contribution in [3.8, 4) is 5.75 Å². The van der Waals surface area contributed by atoms with Crippen LogP contribution in [0.15, 0.2) is 76.4 Å². The molecule has 0 radical (unpaired) electrons. The summed E-state index contributed by atoms with van der Waals surface area (Å²) in [6.45, 7) is -0.340. The van der Waals surface area contributed by atoms with Crippen LogP contribution >= 0.6 is 0 Å². The van der Waals surface area contributed by atoms with Gasteiger partial charge in [0.25, 0.3) is 11.8 Å². The van der Waals surface area contributed by atoms with E-state index < -0.39 is 23.6 Å². The standard InChI is InChI=1S/C21H16FN3O5/c22-16-6-2-5-15(11-16)20(27)23-13-19(26)25-24-12-14-4-1-7-17(10-14)30-21(28)18-8-3-9-29-18/h1-12H,13H2,(H,23,27)(H,25,26)/b24-12+. The number of hydrazone groups is 1. The summed E-state index contributed by atoms with van der Waals surface area (Å²) in [5.41, 5.74) is 2.91. The van der Waals surface area contributed by atoms with Crippen LogP contribution in [0.25, 0.3) is 0 Å². The Kier molecular flexibility index (Phi) is 6.67. The molecule has 2 amide bonds. The molecule has 2 aromatic carbocycles. The molecule has 0 fully saturated rings. The van der Waals surface area contributed by atoms with E-state index in [9.17, 15) is 18.8 Å². The average molecular weight is 409 g/mol. The molecule has 0 saturated carbocycles. The molecule has 0 aliphatic heterocycles. The van der Waals surface area contributed by atoms with Gasteiger partial charge in [0.05, 0.1) is 19.0 Å². The van der Waals surface area contributed by atoms with Crippen molar-refractivity contribution in [2.24, 2.45) is 5.10 Å². The number of amides is 2. The van der Waals surface area contributed by atoms with Crippen LogP contribution in [0, 0.1) is 5.82 Å². The summed E-state index contributed by atoms with van der Waals surface area (Å²) in [6, 6.07) is 14.6. The average Bonchev–Trinajstić information content (AvgIpc) is 3.27. The summed E-state index contributed by atoms with van der Waals surface area (Å²) in [5.74, 6) is -2.00. The van der Waals surface area contributed by atoms with Gasteiger partial charge in [0.15, 0.2) is 0 Å². The molecular weight excluding hydrogens is 393 g/mol. The van der Waals surface area contributed by atoms with Gasteiger partial charge in [-0.1, -0.05) is 18.2 Å². The van der Waals surface area contributed by atoms with E-state index in [1.54, 1.807) is 30.3 Å². The van der Waals surface area contributed by atoms with E-state index in [-0.39, 0.29) is 23.6 Å². The zero-order valence-electron chi connectivity index (χ0n) is 15.5. The highest BCUT2D eigenvalue weighted by Crippen LogP contribution is 2.14. The number of benzene rings is 2. The first-order valence-corrected chi connectivity index (χ1v) is 8.73. The van der Waals surface area contributed by atoms with Crippen molar-refractivity contribution < 1.29 is 27.9 Å². The summed E-state index contributed by atoms with van der Waals surface area (Å²) >= 11 is 0. The highest BCUT2D eigenvalue weighted by molar-refractivity contribution is 5.96. The highest BCUT2D eigenvalue weighted by Gasteiger charge is 2.11. The molecule has 3 rings (SSSR count). The Morgan fingerprint density at radius 2 is 1.90 bits per heavy atom. The van der Waals surface area contributed by atoms with Crippen molar-refractivity contribution in [2.45, 2.75) is 0 Å². The molecule has 0 atom stereocenters. The lowest BCUT2D eigenvalue weighted by molar-refractivity contribution is -0.120. The van der Waals surface area contributed by atoms with Crippen LogP contribution < -0.4 is 15.5 Å². The fraction of sp³-hybridized carbons (Fsp3) is 0.0476. The number of hydrogen-bond donors (Lipinski definition) is 2. The van der Waals surface area contributed by atoms with Crippen molar-refractivity contribution >= 4 is 24.0 Å². The van der Waals surface area contributed by atoms with Crippen molar-refractivity contribution in [1.82, 2.24) is 10.7 Å². The minimum absolute atomic E-state index is 0.0709. The molecule has 1 heterocycles. The van der Waals surface area contributed by atoms with Gasteiger partial charge < -0.3 is 14.5 Å². The number of halogens is 1. The van der Waals surface area contributed by atoms with Gasteiger partial charge in [-0.25, -0.2) is 14.6 Å². The third-order valence-electron chi connectivity index (χ3n) is 3.69. The van der Waals surface area contributed by atoms with Crippen molar-refractivity contribution in [1.29, 1.82) is 0 Å². The monoisotopic (exact) mass is 409 g/mol. The van der Waals surface area contributed by atoms with Gasteiger partial charge in [-0.05, 0) is 48.0 Å². The minimum atomic E-state index is -0.642. The zero-order chi connectivity index (χ0) is 21.3. The summed E-state index contributed by atoms with van der Waals surface area (Å²) < 4.78 is 23.3. The third-order valence-corrected chi connectivity index (χ3v) is 3.69. The maximum Gasteiger partial charge on any atom is 0.379 e. The van der Waals surface area contributed by atoms with Gasteiger partial charge in [0.1, 0.15) is 11.6 Å². The Labute approximate surface area is 170 Å². The number of esters is 1. The molecule has 2 N–H and O–H groups in total. The molecule has 0 aliphatic rings. The molecule has 0 saturated heterocycles. The molecule has 0 aliphatic carbocycles. The van der Waals surface area contributed by atoms with E-state index >= 15 is 0 Å². The summed E-state index contributed by atoms with van der Waals surface area (Å²) in [6.07, 6.45) is 2.71. The second-order valence-electron chi connectivity index (χ2n) is 5.93. The fourth-order valence-corrected chi connectivity index (χ4v) is 2.32. The topological polar surface area (TPSA) is 110 Å². The largest absolute Gasteiger partial charge is 0.457 e. The lowest BCUT2D eigenvalue weighted by Gasteiger charge is -2.05. The van der Waals surface area contributed by atoms with Crippen LogP contribution in [0.1, 0.15) is 26.5 Å². The summed E-state index contributed by atoms with van der Waals surface area (Å²) in [5, 5.41) is 6.14. The van der Waals surface area contributed by atoms with Gasteiger partial charge in [-0.2, -0.15) is 5.10 Å². The SMILES string of the molecule is O=C(CNC(=O)c1cccc(F)c1)N/N=C/c1cccc(OC(=O)c2ccco2)c1. The number of furan rings is 1. The van der Waals surface area contributed by atoms with Crippen LogP contribution in [-0.4, -0.2) is 30.5 Å². The number of ether oxygens (including phenoxy) is 1. The quantitative estimate of drug-likeness (QED) is 0.270. The third kappa shape index (κ3) is 5.86. The Bertz CT molecular complexity index is 1080. The van der Waals surface area contributed by atoms with Crippen LogP contribution in [0.2, 0.25) is 0 Å². The first kappa shape index (κ1) is 20.5. The second-order valence-corrected chi connectivity index (χ2v) is 5.93. The first-order chi connectivity index (χ1) is 14.5. The molecule has 3 aromatic rings. The Morgan fingerprint density at radius 3 is 2.67 bits per heavy atom. The van der Waals surface area contributed by atoms with E-state index in [1.807, 2.05) is 0 Å².